The van der Waals surface area contributed by atoms with Gasteiger partial charge >= 0.3 is 5.69 Å². The van der Waals surface area contributed by atoms with Gasteiger partial charge in [-0.25, -0.2) is 9.97 Å². The van der Waals surface area contributed by atoms with Crippen molar-refractivity contribution in [1.29, 1.82) is 0 Å². The zero-order chi connectivity index (χ0) is 17.2. The quantitative estimate of drug-likeness (QED) is 0.393. The van der Waals surface area contributed by atoms with Crippen LogP contribution in [0.25, 0.3) is 11.3 Å². The monoisotopic (exact) mass is 371 g/mol. The Kier molecular flexibility index (Phi) is 4.33. The van der Waals surface area contributed by atoms with Crippen molar-refractivity contribution in [1.82, 2.24) is 15.0 Å². The smallest absolute Gasteiger partial charge is 0.329 e. The van der Waals surface area contributed by atoms with Crippen molar-refractivity contribution in [3.8, 4) is 11.3 Å². The second-order valence-corrected chi connectivity index (χ2v) is 7.60. The second kappa shape index (κ2) is 6.77. The highest BCUT2D eigenvalue weighted by atomic mass is 32.2. The maximum atomic E-state index is 11.1. The van der Waals surface area contributed by atoms with E-state index in [0.717, 1.165) is 28.4 Å². The van der Waals surface area contributed by atoms with E-state index in [9.17, 15) is 10.1 Å². The molecule has 2 heterocycles. The number of nitro groups is 1. The molecule has 1 aliphatic carbocycles. The minimum Gasteiger partial charge on any atom is -0.361 e. The predicted molar refractivity (Wildman–Crippen MR) is 97.0 cm³/mol. The fourth-order valence-electron chi connectivity index (χ4n) is 2.19. The molecule has 0 amide bonds. The lowest BCUT2D eigenvalue weighted by molar-refractivity contribution is -0.384. The molecule has 0 spiro atoms. The standard InChI is InChI=1S/C16H13N5O2S2/c22-21(23)13-8-17-15(20-14(13)18-11-6-7-11)25-16-19-12(9-24-16)10-4-2-1-3-5-10/h1-5,8-9,11H,6-7H2,(H,17,18,20). The highest BCUT2D eigenvalue weighted by molar-refractivity contribution is 8.00. The molecule has 0 aliphatic heterocycles. The van der Waals surface area contributed by atoms with Crippen LogP contribution < -0.4 is 5.32 Å². The van der Waals surface area contributed by atoms with E-state index in [0.29, 0.717) is 5.16 Å². The first-order valence-corrected chi connectivity index (χ1v) is 9.35. The van der Waals surface area contributed by atoms with Gasteiger partial charge in [0.1, 0.15) is 6.20 Å². The summed E-state index contributed by atoms with van der Waals surface area (Å²) >= 11 is 2.81. The normalized spacial score (nSPS) is 13.6. The highest BCUT2D eigenvalue weighted by Crippen LogP contribution is 2.34. The molecule has 1 aliphatic rings. The summed E-state index contributed by atoms with van der Waals surface area (Å²) in [6, 6.07) is 10.2. The van der Waals surface area contributed by atoms with E-state index in [1.54, 1.807) is 0 Å². The molecule has 0 unspecified atom stereocenters. The Morgan fingerprint density at radius 3 is 2.76 bits per heavy atom. The summed E-state index contributed by atoms with van der Waals surface area (Å²) in [5.74, 6) is 0.282. The highest BCUT2D eigenvalue weighted by Gasteiger charge is 2.26. The lowest BCUT2D eigenvalue weighted by atomic mass is 10.2. The molecule has 25 heavy (non-hydrogen) atoms. The largest absolute Gasteiger partial charge is 0.361 e. The number of aromatic nitrogens is 3. The van der Waals surface area contributed by atoms with Gasteiger partial charge in [0.15, 0.2) is 9.50 Å². The van der Waals surface area contributed by atoms with Crippen LogP contribution in [0.3, 0.4) is 0 Å². The molecule has 1 saturated carbocycles. The zero-order valence-electron chi connectivity index (χ0n) is 13.0. The average Bonchev–Trinajstić information content (AvgIpc) is 3.31. The predicted octanol–water partition coefficient (Wildman–Crippen LogP) is 4.23. The number of hydrogen-bond acceptors (Lipinski definition) is 8. The van der Waals surface area contributed by atoms with Gasteiger partial charge in [-0.2, -0.15) is 4.98 Å². The molecule has 0 saturated heterocycles. The molecular weight excluding hydrogens is 358 g/mol. The van der Waals surface area contributed by atoms with Crippen molar-refractivity contribution < 1.29 is 4.92 Å². The number of benzene rings is 1. The molecule has 3 aromatic rings. The first kappa shape index (κ1) is 16.0. The average molecular weight is 371 g/mol. The van der Waals surface area contributed by atoms with E-state index in [-0.39, 0.29) is 17.5 Å². The molecule has 0 radical (unpaired) electrons. The lowest BCUT2D eigenvalue weighted by Crippen LogP contribution is -2.07. The number of nitrogens with zero attached hydrogens (tertiary/aromatic N) is 4. The van der Waals surface area contributed by atoms with Crippen LogP contribution in [0, 0.1) is 10.1 Å². The lowest BCUT2D eigenvalue weighted by Gasteiger charge is -2.05. The Balaban J connectivity index is 1.56. The molecule has 1 N–H and O–H groups in total. The Bertz CT molecular complexity index is 912. The summed E-state index contributed by atoms with van der Waals surface area (Å²) in [5.41, 5.74) is 1.85. The van der Waals surface area contributed by atoms with E-state index in [4.69, 9.17) is 0 Å². The van der Waals surface area contributed by atoms with Crippen molar-refractivity contribution in [3.63, 3.8) is 0 Å². The second-order valence-electron chi connectivity index (χ2n) is 5.53. The van der Waals surface area contributed by atoms with Gasteiger partial charge in [-0.3, -0.25) is 10.1 Å². The molecule has 126 valence electrons. The summed E-state index contributed by atoms with van der Waals surface area (Å²) in [7, 11) is 0. The van der Waals surface area contributed by atoms with Crippen molar-refractivity contribution in [2.45, 2.75) is 28.4 Å². The minimum absolute atomic E-state index is 0.0969. The molecule has 9 heteroatoms. The molecular formula is C16H13N5O2S2. The summed E-state index contributed by atoms with van der Waals surface area (Å²) in [6.07, 6.45) is 3.28. The summed E-state index contributed by atoms with van der Waals surface area (Å²) in [6.45, 7) is 0. The van der Waals surface area contributed by atoms with Crippen LogP contribution in [0.2, 0.25) is 0 Å². The summed E-state index contributed by atoms with van der Waals surface area (Å²) in [4.78, 5) is 23.7. The van der Waals surface area contributed by atoms with Crippen LogP contribution in [-0.4, -0.2) is 25.9 Å². The number of thiazole rings is 1. The Morgan fingerprint density at radius 1 is 1.24 bits per heavy atom. The fraction of sp³-hybridized carbons (Fsp3) is 0.188. The van der Waals surface area contributed by atoms with Crippen LogP contribution in [0.4, 0.5) is 11.5 Å². The van der Waals surface area contributed by atoms with Gasteiger partial charge in [-0.05, 0) is 24.6 Å². The van der Waals surface area contributed by atoms with Crippen molar-refractivity contribution in [2.24, 2.45) is 0 Å². The number of rotatable bonds is 6. The fourth-order valence-corrected chi connectivity index (χ4v) is 3.85. The van der Waals surface area contributed by atoms with Gasteiger partial charge in [0.05, 0.1) is 10.6 Å². The molecule has 4 rings (SSSR count). The molecule has 0 bridgehead atoms. The van der Waals surface area contributed by atoms with Crippen molar-refractivity contribution in [3.05, 3.63) is 52.0 Å². The van der Waals surface area contributed by atoms with E-state index in [1.165, 1.54) is 29.3 Å². The van der Waals surface area contributed by atoms with Crippen molar-refractivity contribution in [2.75, 3.05) is 5.32 Å². The SMILES string of the molecule is O=[N+]([O-])c1cnc(Sc2nc(-c3ccccc3)cs2)nc1NC1CC1. The van der Waals surface area contributed by atoms with Gasteiger partial charge < -0.3 is 5.32 Å². The van der Waals surface area contributed by atoms with Crippen LogP contribution in [0.15, 0.2) is 51.4 Å². The topological polar surface area (TPSA) is 93.8 Å². The van der Waals surface area contributed by atoms with Crippen LogP contribution in [-0.2, 0) is 0 Å². The van der Waals surface area contributed by atoms with Gasteiger partial charge in [0.2, 0.25) is 5.82 Å². The Hall–Kier alpha value is -2.52. The van der Waals surface area contributed by atoms with Gasteiger partial charge in [-0.15, -0.1) is 11.3 Å². The first-order valence-electron chi connectivity index (χ1n) is 7.66. The van der Waals surface area contributed by atoms with Crippen LogP contribution in [0.1, 0.15) is 12.8 Å². The first-order chi connectivity index (χ1) is 12.2. The third-order valence-corrected chi connectivity index (χ3v) is 5.41. The van der Waals surface area contributed by atoms with Gasteiger partial charge in [0.25, 0.3) is 0 Å². The van der Waals surface area contributed by atoms with Crippen molar-refractivity contribution >= 4 is 34.6 Å². The summed E-state index contributed by atoms with van der Waals surface area (Å²) < 4.78 is 0.796. The van der Waals surface area contributed by atoms with E-state index < -0.39 is 4.92 Å². The maximum absolute atomic E-state index is 11.1. The zero-order valence-corrected chi connectivity index (χ0v) is 14.6. The van der Waals surface area contributed by atoms with Gasteiger partial charge in [-0.1, -0.05) is 30.3 Å². The van der Waals surface area contributed by atoms with Crippen LogP contribution >= 0.6 is 23.1 Å². The maximum Gasteiger partial charge on any atom is 0.329 e. The van der Waals surface area contributed by atoms with Crippen LogP contribution in [0.5, 0.6) is 0 Å². The molecule has 7 nitrogen and oxygen atoms in total. The molecule has 0 atom stereocenters. The van der Waals surface area contributed by atoms with Gasteiger partial charge in [0, 0.05) is 17.0 Å². The molecule has 1 aromatic carbocycles. The van der Waals surface area contributed by atoms with E-state index in [2.05, 4.69) is 20.3 Å². The number of anilines is 1. The number of hydrogen-bond donors (Lipinski definition) is 1. The summed E-state index contributed by atoms with van der Waals surface area (Å²) in [5, 5.41) is 16.6. The minimum atomic E-state index is -0.462. The molecule has 1 fully saturated rings. The third-order valence-electron chi connectivity index (χ3n) is 3.59. The number of nitrogens with one attached hydrogen (secondary N) is 1. The molecule has 2 aromatic heterocycles. The van der Waals surface area contributed by atoms with E-state index >= 15 is 0 Å². The Morgan fingerprint density at radius 2 is 2.04 bits per heavy atom. The third kappa shape index (κ3) is 3.77. The van der Waals surface area contributed by atoms with E-state index in [1.807, 2.05) is 35.7 Å². The Labute approximate surface area is 151 Å².